The largest absolute Gasteiger partial charge is 0.389 e. The molecule has 0 spiro atoms. The molecule has 0 aliphatic heterocycles. The number of hydrogen-bond donors (Lipinski definition) is 2. The smallest absolute Gasteiger partial charge is 0.104 e. The molecule has 1 aromatic rings. The van der Waals surface area contributed by atoms with E-state index >= 15 is 0 Å². The number of rotatable bonds is 7. The highest BCUT2D eigenvalue weighted by Crippen LogP contribution is 2.14. The number of anilines is 1. The van der Waals surface area contributed by atoms with E-state index in [2.05, 4.69) is 30.1 Å². The molecule has 0 aromatic heterocycles. The van der Waals surface area contributed by atoms with E-state index in [1.165, 1.54) is 0 Å². The van der Waals surface area contributed by atoms with Crippen LogP contribution in [-0.2, 0) is 0 Å². The highest BCUT2D eigenvalue weighted by atomic mass is 32.1. The summed E-state index contributed by atoms with van der Waals surface area (Å²) in [6, 6.07) is 6.11. The van der Waals surface area contributed by atoms with Gasteiger partial charge in [0.2, 0.25) is 0 Å². The van der Waals surface area contributed by atoms with Gasteiger partial charge in [-0.05, 0) is 43.8 Å². The maximum Gasteiger partial charge on any atom is 0.104 e. The fourth-order valence-electron chi connectivity index (χ4n) is 1.95. The topological polar surface area (TPSA) is 41.3 Å². The average molecular weight is 265 g/mol. The predicted molar refractivity (Wildman–Crippen MR) is 83.3 cm³/mol. The van der Waals surface area contributed by atoms with E-state index in [1.54, 1.807) is 0 Å². The number of likely N-dealkylation sites (N-methyl/N-ethyl adjacent to an activating group) is 1. The Balaban J connectivity index is 2.53. The van der Waals surface area contributed by atoms with Crippen molar-refractivity contribution in [3.63, 3.8) is 0 Å². The number of benzene rings is 1. The Hall–Kier alpha value is -1.13. The maximum absolute atomic E-state index is 5.64. The third-order valence-electron chi connectivity index (χ3n) is 3.14. The molecule has 100 valence electrons. The second kappa shape index (κ2) is 7.34. The summed E-state index contributed by atoms with van der Waals surface area (Å²) in [6.45, 7) is 10.6. The van der Waals surface area contributed by atoms with Gasteiger partial charge in [0.1, 0.15) is 4.99 Å². The summed E-state index contributed by atoms with van der Waals surface area (Å²) >= 11 is 5.00. The van der Waals surface area contributed by atoms with Crippen LogP contribution in [0.4, 0.5) is 5.69 Å². The van der Waals surface area contributed by atoms with Crippen LogP contribution in [0.15, 0.2) is 18.2 Å². The van der Waals surface area contributed by atoms with Crippen LogP contribution in [0.1, 0.15) is 25.0 Å². The second-order valence-electron chi connectivity index (χ2n) is 4.35. The molecule has 0 heterocycles. The van der Waals surface area contributed by atoms with Crippen molar-refractivity contribution in [2.24, 2.45) is 5.73 Å². The molecule has 1 aromatic carbocycles. The summed E-state index contributed by atoms with van der Waals surface area (Å²) in [5, 5.41) is 3.42. The minimum Gasteiger partial charge on any atom is -0.389 e. The van der Waals surface area contributed by atoms with Crippen LogP contribution in [0.5, 0.6) is 0 Å². The van der Waals surface area contributed by atoms with Gasteiger partial charge in [-0.1, -0.05) is 26.1 Å². The molecule has 1 rings (SSSR count). The zero-order chi connectivity index (χ0) is 13.5. The van der Waals surface area contributed by atoms with Crippen LogP contribution < -0.4 is 11.1 Å². The molecule has 0 fully saturated rings. The lowest BCUT2D eigenvalue weighted by atomic mass is 10.1. The maximum atomic E-state index is 5.64. The molecule has 0 saturated heterocycles. The minimum absolute atomic E-state index is 0.460. The molecule has 4 heteroatoms. The third-order valence-corrected chi connectivity index (χ3v) is 3.36. The third kappa shape index (κ3) is 4.27. The van der Waals surface area contributed by atoms with Crippen LogP contribution in [0.2, 0.25) is 0 Å². The summed E-state index contributed by atoms with van der Waals surface area (Å²) in [6.07, 6.45) is 0. The van der Waals surface area contributed by atoms with E-state index < -0.39 is 0 Å². The molecule has 0 unspecified atom stereocenters. The SMILES string of the molecule is CCN(CC)CCNc1ccc(C(N)=S)c(C)c1. The first-order valence-corrected chi connectivity index (χ1v) is 6.86. The van der Waals surface area contributed by atoms with Gasteiger partial charge >= 0.3 is 0 Å². The number of nitrogens with one attached hydrogen (secondary N) is 1. The van der Waals surface area contributed by atoms with Crippen molar-refractivity contribution >= 4 is 22.9 Å². The Kier molecular flexibility index (Phi) is 6.09. The predicted octanol–water partition coefficient (Wildman–Crippen LogP) is 2.38. The number of hydrogen-bond acceptors (Lipinski definition) is 3. The van der Waals surface area contributed by atoms with Crippen LogP contribution in [0.25, 0.3) is 0 Å². The van der Waals surface area contributed by atoms with Crippen molar-refractivity contribution in [1.29, 1.82) is 0 Å². The van der Waals surface area contributed by atoms with Gasteiger partial charge in [-0.2, -0.15) is 0 Å². The molecular formula is C14H23N3S. The van der Waals surface area contributed by atoms with Gasteiger partial charge in [-0.3, -0.25) is 0 Å². The van der Waals surface area contributed by atoms with Gasteiger partial charge in [0.25, 0.3) is 0 Å². The van der Waals surface area contributed by atoms with Crippen molar-refractivity contribution in [3.8, 4) is 0 Å². The number of aryl methyl sites for hydroxylation is 1. The normalized spacial score (nSPS) is 10.7. The lowest BCUT2D eigenvalue weighted by Crippen LogP contribution is -2.28. The standard InChI is InChI=1S/C14H23N3S/c1-4-17(5-2)9-8-16-12-6-7-13(14(15)18)11(3)10-12/h6-7,10,16H,4-5,8-9H2,1-3H3,(H2,15,18). The number of nitrogens with zero attached hydrogens (tertiary/aromatic N) is 1. The fraction of sp³-hybridized carbons (Fsp3) is 0.500. The van der Waals surface area contributed by atoms with E-state index in [0.29, 0.717) is 4.99 Å². The highest BCUT2D eigenvalue weighted by Gasteiger charge is 2.03. The van der Waals surface area contributed by atoms with Crippen LogP contribution in [-0.4, -0.2) is 36.1 Å². The van der Waals surface area contributed by atoms with Crippen molar-refractivity contribution in [2.45, 2.75) is 20.8 Å². The summed E-state index contributed by atoms with van der Waals surface area (Å²) in [5.74, 6) is 0. The minimum atomic E-state index is 0.460. The molecule has 0 amide bonds. The lowest BCUT2D eigenvalue weighted by molar-refractivity contribution is 0.316. The van der Waals surface area contributed by atoms with E-state index in [-0.39, 0.29) is 0 Å². The number of nitrogens with two attached hydrogens (primary N) is 1. The van der Waals surface area contributed by atoms with Crippen molar-refractivity contribution in [1.82, 2.24) is 4.90 Å². The first kappa shape index (κ1) is 14.9. The van der Waals surface area contributed by atoms with Gasteiger partial charge in [0.15, 0.2) is 0 Å². The summed E-state index contributed by atoms with van der Waals surface area (Å²) < 4.78 is 0. The van der Waals surface area contributed by atoms with E-state index in [0.717, 1.165) is 43.0 Å². The van der Waals surface area contributed by atoms with Crippen LogP contribution in [0.3, 0.4) is 0 Å². The molecule has 0 saturated carbocycles. The Morgan fingerprint density at radius 2 is 2.00 bits per heavy atom. The lowest BCUT2D eigenvalue weighted by Gasteiger charge is -2.18. The van der Waals surface area contributed by atoms with Crippen molar-refractivity contribution in [3.05, 3.63) is 29.3 Å². The van der Waals surface area contributed by atoms with Gasteiger partial charge in [-0.15, -0.1) is 0 Å². The molecule has 18 heavy (non-hydrogen) atoms. The Bertz CT molecular complexity index is 400. The molecular weight excluding hydrogens is 242 g/mol. The molecule has 0 atom stereocenters. The van der Waals surface area contributed by atoms with E-state index in [9.17, 15) is 0 Å². The van der Waals surface area contributed by atoms with Crippen molar-refractivity contribution < 1.29 is 0 Å². The van der Waals surface area contributed by atoms with Gasteiger partial charge < -0.3 is 16.0 Å². The monoisotopic (exact) mass is 265 g/mol. The Morgan fingerprint density at radius 3 is 2.50 bits per heavy atom. The molecule has 0 radical (unpaired) electrons. The van der Waals surface area contributed by atoms with Crippen molar-refractivity contribution in [2.75, 3.05) is 31.5 Å². The molecule has 3 nitrogen and oxygen atoms in total. The van der Waals surface area contributed by atoms with Crippen LogP contribution in [0, 0.1) is 6.92 Å². The molecule has 3 N–H and O–H groups in total. The summed E-state index contributed by atoms with van der Waals surface area (Å²) in [7, 11) is 0. The highest BCUT2D eigenvalue weighted by molar-refractivity contribution is 7.80. The van der Waals surface area contributed by atoms with E-state index in [4.69, 9.17) is 18.0 Å². The van der Waals surface area contributed by atoms with Gasteiger partial charge in [0, 0.05) is 24.3 Å². The molecule has 0 aliphatic carbocycles. The van der Waals surface area contributed by atoms with Gasteiger partial charge in [0.05, 0.1) is 0 Å². The van der Waals surface area contributed by atoms with E-state index in [1.807, 2.05) is 19.1 Å². The van der Waals surface area contributed by atoms with Crippen LogP contribution >= 0.6 is 12.2 Å². The quantitative estimate of drug-likeness (QED) is 0.743. The Morgan fingerprint density at radius 1 is 1.33 bits per heavy atom. The first-order valence-electron chi connectivity index (χ1n) is 6.45. The fourth-order valence-corrected chi connectivity index (χ4v) is 2.18. The Labute approximate surface area is 115 Å². The first-order chi connectivity index (χ1) is 8.58. The molecule has 0 bridgehead atoms. The average Bonchev–Trinajstić information content (AvgIpc) is 2.34. The zero-order valence-corrected chi connectivity index (χ0v) is 12.3. The zero-order valence-electron chi connectivity index (χ0n) is 11.5. The second-order valence-corrected chi connectivity index (χ2v) is 4.79. The van der Waals surface area contributed by atoms with Gasteiger partial charge in [-0.25, -0.2) is 0 Å². The summed E-state index contributed by atoms with van der Waals surface area (Å²) in [5.41, 5.74) is 8.85. The summed E-state index contributed by atoms with van der Waals surface area (Å²) in [4.78, 5) is 2.85. The molecule has 0 aliphatic rings. The number of thiocarbonyl (C=S) groups is 1.